The van der Waals surface area contributed by atoms with Gasteiger partial charge in [0.2, 0.25) is 0 Å². The van der Waals surface area contributed by atoms with Crippen LogP contribution in [0.15, 0.2) is 24.3 Å². The van der Waals surface area contributed by atoms with E-state index in [0.29, 0.717) is 30.9 Å². The molecule has 0 aliphatic carbocycles. The Kier molecular flexibility index (Phi) is 5.15. The van der Waals surface area contributed by atoms with Gasteiger partial charge in [-0.3, -0.25) is 0 Å². The van der Waals surface area contributed by atoms with Crippen molar-refractivity contribution in [2.75, 3.05) is 26.1 Å². The maximum Gasteiger partial charge on any atom is 0.320 e. The van der Waals surface area contributed by atoms with Gasteiger partial charge in [0.1, 0.15) is 12.1 Å². The fourth-order valence-corrected chi connectivity index (χ4v) is 2.46. The van der Waals surface area contributed by atoms with Crippen molar-refractivity contribution in [3.05, 3.63) is 35.4 Å². The van der Waals surface area contributed by atoms with Gasteiger partial charge in [-0.25, -0.2) is 4.98 Å². The number of fused-ring (bicyclic) bond motifs is 1. The number of hydrogen-bond donors (Lipinski definition) is 2. The lowest BCUT2D eigenvalue weighted by Gasteiger charge is -2.09. The van der Waals surface area contributed by atoms with Crippen molar-refractivity contribution in [1.82, 2.24) is 19.5 Å². The predicted octanol–water partition coefficient (Wildman–Crippen LogP) is -0.232. The van der Waals surface area contributed by atoms with E-state index in [0.717, 1.165) is 11.1 Å². The second-order valence-corrected chi connectivity index (χ2v) is 5.44. The highest BCUT2D eigenvalue weighted by molar-refractivity contribution is 6.30. The molecule has 0 fully saturated rings. The van der Waals surface area contributed by atoms with Crippen molar-refractivity contribution < 1.29 is 14.6 Å². The van der Waals surface area contributed by atoms with E-state index >= 15 is 0 Å². The van der Waals surface area contributed by atoms with Crippen LogP contribution in [0, 0.1) is 0 Å². The molecule has 3 aromatic rings. The summed E-state index contributed by atoms with van der Waals surface area (Å²) in [5.41, 5.74) is 8.92. The van der Waals surface area contributed by atoms with E-state index in [2.05, 4.69) is 15.0 Å². The number of ether oxygens (including phenoxy) is 2. The molecule has 0 unspecified atom stereocenters. The zero-order valence-corrected chi connectivity index (χ0v) is 13.8. The highest BCUT2D eigenvalue weighted by Crippen LogP contribution is 2.19. The molecule has 2 radical (unpaired) electrons. The number of benzene rings is 1. The van der Waals surface area contributed by atoms with E-state index in [1.165, 1.54) is 0 Å². The number of rotatable bonds is 7. The molecule has 8 nitrogen and oxygen atoms in total. The molecule has 9 heteroatoms. The monoisotopic (exact) mass is 339 g/mol. The minimum Gasteiger partial charge on any atom is -0.461 e. The van der Waals surface area contributed by atoms with Crippen LogP contribution in [0.1, 0.15) is 11.1 Å². The van der Waals surface area contributed by atoms with Crippen LogP contribution in [0.5, 0.6) is 6.01 Å². The summed E-state index contributed by atoms with van der Waals surface area (Å²) in [6.07, 6.45) is 0. The number of anilines is 1. The average Bonchev–Trinajstić information content (AvgIpc) is 2.92. The van der Waals surface area contributed by atoms with Crippen molar-refractivity contribution in [1.29, 1.82) is 0 Å². The molecular weight excluding hydrogens is 321 g/mol. The third-order valence-corrected chi connectivity index (χ3v) is 3.66. The van der Waals surface area contributed by atoms with Crippen LogP contribution in [-0.2, 0) is 17.9 Å². The van der Waals surface area contributed by atoms with E-state index in [-0.39, 0.29) is 24.2 Å². The fraction of sp³-hybridized carbons (Fsp3) is 0.312. The van der Waals surface area contributed by atoms with Gasteiger partial charge in [-0.2, -0.15) is 9.97 Å². The van der Waals surface area contributed by atoms with Gasteiger partial charge in [-0.05, 0) is 11.1 Å². The highest BCUT2D eigenvalue weighted by atomic mass is 16.5. The maximum absolute atomic E-state index is 9.28. The lowest BCUT2D eigenvalue weighted by atomic mass is 10.1. The number of aromatic nitrogens is 4. The van der Waals surface area contributed by atoms with Gasteiger partial charge >= 0.3 is 6.01 Å². The summed E-state index contributed by atoms with van der Waals surface area (Å²) in [4.78, 5) is 12.7. The lowest BCUT2D eigenvalue weighted by Crippen LogP contribution is -2.20. The van der Waals surface area contributed by atoms with E-state index < -0.39 is 0 Å². The zero-order chi connectivity index (χ0) is 17.8. The summed E-state index contributed by atoms with van der Waals surface area (Å²) in [5, 5.41) is 9.28. The molecule has 3 N–H and O–H groups in total. The van der Waals surface area contributed by atoms with Crippen molar-refractivity contribution >= 4 is 30.6 Å². The summed E-state index contributed by atoms with van der Waals surface area (Å²) in [5.74, 6) is 0.201. The van der Waals surface area contributed by atoms with Crippen LogP contribution in [0.3, 0.4) is 0 Å². The first-order valence-corrected chi connectivity index (χ1v) is 7.72. The SMILES string of the molecule is [B]c1nc2c(N)nc(OCCOC)nc2n1Cc1cccc(CO)c1. The summed E-state index contributed by atoms with van der Waals surface area (Å²) >= 11 is 0. The molecule has 3 rings (SSSR count). The average molecular weight is 339 g/mol. The van der Waals surface area contributed by atoms with Crippen LogP contribution in [0.25, 0.3) is 11.2 Å². The number of nitrogens with zero attached hydrogens (tertiary/aromatic N) is 4. The molecule has 0 amide bonds. The number of aliphatic hydroxyl groups excluding tert-OH is 1. The lowest BCUT2D eigenvalue weighted by molar-refractivity contribution is 0.141. The Morgan fingerprint density at radius 1 is 1.20 bits per heavy atom. The standard InChI is InChI=1S/C16H18BN5O3/c1-24-5-6-25-16-20-13(18)12-14(21-16)22(15(17)19-12)8-10-3-2-4-11(7-10)9-23/h2-4,7,23H,5-6,8-9H2,1H3,(H2,18,20,21). The smallest absolute Gasteiger partial charge is 0.320 e. The third kappa shape index (κ3) is 3.72. The first-order valence-electron chi connectivity index (χ1n) is 7.72. The Balaban J connectivity index is 1.97. The number of nitrogens with two attached hydrogens (primary N) is 1. The Bertz CT molecular complexity index is 884. The van der Waals surface area contributed by atoms with Gasteiger partial charge in [0.15, 0.2) is 19.3 Å². The molecule has 2 heterocycles. The predicted molar refractivity (Wildman–Crippen MR) is 94.0 cm³/mol. The molecule has 0 saturated heterocycles. The Hall–Kier alpha value is -2.65. The molecule has 0 atom stereocenters. The minimum absolute atomic E-state index is 0.0272. The second-order valence-electron chi connectivity index (χ2n) is 5.44. The van der Waals surface area contributed by atoms with Gasteiger partial charge in [-0.15, -0.1) is 0 Å². The summed E-state index contributed by atoms with van der Waals surface area (Å²) in [6.45, 7) is 1.13. The number of nitrogen functional groups attached to an aromatic ring is 1. The van der Waals surface area contributed by atoms with Crippen LogP contribution in [-0.4, -0.2) is 52.8 Å². The summed E-state index contributed by atoms with van der Waals surface area (Å²) in [6, 6.07) is 7.70. The molecule has 128 valence electrons. The van der Waals surface area contributed by atoms with Crippen LogP contribution >= 0.6 is 0 Å². The first-order chi connectivity index (χ1) is 12.1. The van der Waals surface area contributed by atoms with Crippen LogP contribution in [0.4, 0.5) is 5.82 Å². The van der Waals surface area contributed by atoms with E-state index in [1.54, 1.807) is 11.7 Å². The van der Waals surface area contributed by atoms with E-state index in [1.807, 2.05) is 24.3 Å². The number of hydrogen-bond acceptors (Lipinski definition) is 7. The van der Waals surface area contributed by atoms with Crippen molar-refractivity contribution in [2.24, 2.45) is 0 Å². The molecule has 0 spiro atoms. The van der Waals surface area contributed by atoms with Crippen LogP contribution in [0.2, 0.25) is 0 Å². The number of aliphatic hydroxyl groups is 1. The van der Waals surface area contributed by atoms with Gasteiger partial charge in [0.05, 0.1) is 18.9 Å². The molecule has 1 aromatic carbocycles. The number of methoxy groups -OCH3 is 1. The van der Waals surface area contributed by atoms with Gasteiger partial charge in [-0.1, -0.05) is 24.3 Å². The highest BCUT2D eigenvalue weighted by Gasteiger charge is 2.15. The minimum atomic E-state index is -0.0272. The largest absolute Gasteiger partial charge is 0.461 e. The Labute approximate surface area is 146 Å². The van der Waals surface area contributed by atoms with Crippen molar-refractivity contribution in [3.8, 4) is 6.01 Å². The topological polar surface area (TPSA) is 108 Å². The molecular formula is C16H18BN5O3. The molecule has 2 aromatic heterocycles. The molecule has 25 heavy (non-hydrogen) atoms. The van der Waals surface area contributed by atoms with Gasteiger partial charge in [0, 0.05) is 13.7 Å². The summed E-state index contributed by atoms with van der Waals surface area (Å²) < 4.78 is 12.1. The maximum atomic E-state index is 9.28. The van der Waals surface area contributed by atoms with Crippen molar-refractivity contribution in [3.63, 3.8) is 0 Å². The Morgan fingerprint density at radius 2 is 2.00 bits per heavy atom. The number of imidazole rings is 1. The van der Waals surface area contributed by atoms with E-state index in [9.17, 15) is 5.11 Å². The normalized spacial score (nSPS) is 11.1. The van der Waals surface area contributed by atoms with Crippen LogP contribution < -0.4 is 16.2 Å². The van der Waals surface area contributed by atoms with Gasteiger partial charge < -0.3 is 24.9 Å². The molecule has 0 saturated carbocycles. The third-order valence-electron chi connectivity index (χ3n) is 3.66. The molecule has 0 aliphatic rings. The Morgan fingerprint density at radius 3 is 2.76 bits per heavy atom. The zero-order valence-electron chi connectivity index (χ0n) is 13.8. The molecule has 0 bridgehead atoms. The van der Waals surface area contributed by atoms with Crippen molar-refractivity contribution in [2.45, 2.75) is 13.2 Å². The fourth-order valence-electron chi connectivity index (χ4n) is 2.46. The first kappa shape index (κ1) is 17.2. The van der Waals surface area contributed by atoms with E-state index in [4.69, 9.17) is 23.1 Å². The second kappa shape index (κ2) is 7.50. The van der Waals surface area contributed by atoms with Gasteiger partial charge in [0.25, 0.3) is 0 Å². The quantitative estimate of drug-likeness (QED) is 0.452. The molecule has 0 aliphatic heterocycles. The summed E-state index contributed by atoms with van der Waals surface area (Å²) in [7, 11) is 7.61.